The Bertz CT molecular complexity index is 226. The Morgan fingerprint density at radius 3 is 2.20 bits per heavy atom. The van der Waals surface area contributed by atoms with Gasteiger partial charge in [-0.1, -0.05) is 34.8 Å². The molecule has 0 aromatic carbocycles. The van der Waals surface area contributed by atoms with Crippen molar-refractivity contribution in [3.63, 3.8) is 0 Å². The van der Waals surface area contributed by atoms with E-state index in [1.54, 1.807) is 0 Å². The van der Waals surface area contributed by atoms with Crippen LogP contribution < -0.4 is 0 Å². The van der Waals surface area contributed by atoms with E-state index in [-0.39, 0.29) is 11.5 Å². The molecule has 0 aliphatic carbocycles. The second kappa shape index (κ2) is 2.53. The van der Waals surface area contributed by atoms with Crippen molar-refractivity contribution < 1.29 is 4.79 Å². The molecule has 0 aromatic heterocycles. The molecule has 1 rings (SSSR count). The molecular weight excluding hydrogens is 196 g/mol. The summed E-state index contributed by atoms with van der Waals surface area (Å²) in [5.74, 6) is -0.347. The van der Waals surface area contributed by atoms with Gasteiger partial charge in [-0.15, -0.1) is 0 Å². The standard InChI is InChI=1S/C5H2Cl3NO/c6-5(7,8)4-3(10)1-2-9-4/h1-2H. The lowest BCUT2D eigenvalue weighted by Gasteiger charge is -2.07. The van der Waals surface area contributed by atoms with E-state index in [2.05, 4.69) is 4.99 Å². The van der Waals surface area contributed by atoms with Crippen molar-refractivity contribution in [2.24, 2.45) is 4.99 Å². The van der Waals surface area contributed by atoms with E-state index in [9.17, 15) is 4.79 Å². The van der Waals surface area contributed by atoms with E-state index < -0.39 is 3.79 Å². The van der Waals surface area contributed by atoms with Crippen LogP contribution in [0.5, 0.6) is 0 Å². The number of rotatable bonds is 0. The number of alkyl halides is 3. The van der Waals surface area contributed by atoms with Crippen molar-refractivity contribution in [3.05, 3.63) is 12.3 Å². The second-order valence-electron chi connectivity index (χ2n) is 1.66. The largest absolute Gasteiger partial charge is 0.288 e. The van der Waals surface area contributed by atoms with Crippen LogP contribution in [0.3, 0.4) is 0 Å². The van der Waals surface area contributed by atoms with Crippen LogP contribution in [0.2, 0.25) is 0 Å². The molecular formula is C5H2Cl3NO. The molecule has 0 bridgehead atoms. The van der Waals surface area contributed by atoms with Gasteiger partial charge in [-0.25, -0.2) is 0 Å². The molecule has 1 aliphatic heterocycles. The van der Waals surface area contributed by atoms with Gasteiger partial charge in [-0.2, -0.15) is 0 Å². The Balaban J connectivity index is 2.88. The highest BCUT2D eigenvalue weighted by atomic mass is 35.6. The highest BCUT2D eigenvalue weighted by Gasteiger charge is 2.33. The summed E-state index contributed by atoms with van der Waals surface area (Å²) in [6.07, 6.45) is 2.55. The van der Waals surface area contributed by atoms with Gasteiger partial charge in [0.05, 0.1) is 0 Å². The van der Waals surface area contributed by atoms with Gasteiger partial charge in [0.15, 0.2) is 0 Å². The Morgan fingerprint density at radius 1 is 1.40 bits per heavy atom. The molecule has 5 heteroatoms. The minimum atomic E-state index is -1.69. The zero-order valence-electron chi connectivity index (χ0n) is 4.64. The van der Waals surface area contributed by atoms with Crippen LogP contribution in [0.15, 0.2) is 17.3 Å². The first-order valence-electron chi connectivity index (χ1n) is 2.37. The van der Waals surface area contributed by atoms with Crippen LogP contribution in [0.1, 0.15) is 0 Å². The Morgan fingerprint density at radius 2 is 2.00 bits per heavy atom. The van der Waals surface area contributed by atoms with Crippen molar-refractivity contribution in [3.8, 4) is 0 Å². The van der Waals surface area contributed by atoms with E-state index >= 15 is 0 Å². The van der Waals surface area contributed by atoms with E-state index in [4.69, 9.17) is 34.8 Å². The molecule has 0 spiro atoms. The molecule has 0 amide bonds. The van der Waals surface area contributed by atoms with Crippen molar-refractivity contribution in [1.29, 1.82) is 0 Å². The number of allylic oxidation sites excluding steroid dienone is 1. The maximum atomic E-state index is 10.8. The number of ketones is 1. The third-order valence-electron chi connectivity index (χ3n) is 0.931. The molecule has 0 fully saturated rings. The fraction of sp³-hybridized carbons (Fsp3) is 0.200. The minimum absolute atomic E-state index is 0.0440. The first kappa shape index (κ1) is 8.05. The summed E-state index contributed by atoms with van der Waals surface area (Å²) in [5.41, 5.74) is -0.0440. The zero-order chi connectivity index (χ0) is 7.78. The quantitative estimate of drug-likeness (QED) is 0.547. The summed E-state index contributed by atoms with van der Waals surface area (Å²) >= 11 is 16.1. The van der Waals surface area contributed by atoms with Crippen LogP contribution in [0.4, 0.5) is 0 Å². The molecule has 0 N–H and O–H groups in total. The molecule has 1 aliphatic rings. The van der Waals surface area contributed by atoms with E-state index in [0.29, 0.717) is 0 Å². The normalized spacial score (nSPS) is 17.9. The highest BCUT2D eigenvalue weighted by molar-refractivity contribution is 6.83. The summed E-state index contributed by atoms with van der Waals surface area (Å²) in [7, 11) is 0. The van der Waals surface area contributed by atoms with Gasteiger partial charge in [-0.3, -0.25) is 9.79 Å². The van der Waals surface area contributed by atoms with Crippen molar-refractivity contribution >= 4 is 46.3 Å². The second-order valence-corrected chi connectivity index (χ2v) is 3.94. The molecule has 0 saturated heterocycles. The lowest BCUT2D eigenvalue weighted by Crippen LogP contribution is -2.24. The fourth-order valence-corrected chi connectivity index (χ4v) is 0.961. The van der Waals surface area contributed by atoms with Gasteiger partial charge in [0, 0.05) is 12.3 Å². The molecule has 0 unspecified atom stereocenters. The van der Waals surface area contributed by atoms with Crippen molar-refractivity contribution in [1.82, 2.24) is 0 Å². The smallest absolute Gasteiger partial charge is 0.236 e. The van der Waals surface area contributed by atoms with E-state index in [1.165, 1.54) is 12.3 Å². The van der Waals surface area contributed by atoms with Crippen molar-refractivity contribution in [2.45, 2.75) is 3.79 Å². The van der Waals surface area contributed by atoms with Crippen LogP contribution in [-0.4, -0.2) is 15.3 Å². The number of carbonyl (C=O) groups excluding carboxylic acids is 1. The topological polar surface area (TPSA) is 29.4 Å². The maximum Gasteiger partial charge on any atom is 0.236 e. The average Bonchev–Trinajstić information content (AvgIpc) is 2.11. The van der Waals surface area contributed by atoms with Gasteiger partial charge in [0.1, 0.15) is 5.71 Å². The SMILES string of the molecule is O=C1C=CN=C1C(Cl)(Cl)Cl. The Kier molecular flexibility index (Phi) is 2.04. The molecule has 2 nitrogen and oxygen atoms in total. The zero-order valence-corrected chi connectivity index (χ0v) is 6.91. The van der Waals surface area contributed by atoms with Gasteiger partial charge in [0.25, 0.3) is 0 Å². The highest BCUT2D eigenvalue weighted by Crippen LogP contribution is 2.29. The molecule has 1 heterocycles. The van der Waals surface area contributed by atoms with Crippen LogP contribution in [0, 0.1) is 0 Å². The van der Waals surface area contributed by atoms with Gasteiger partial charge in [-0.05, 0) is 0 Å². The van der Waals surface area contributed by atoms with Crippen LogP contribution in [0.25, 0.3) is 0 Å². The van der Waals surface area contributed by atoms with Crippen molar-refractivity contribution in [2.75, 3.05) is 0 Å². The molecule has 0 saturated carbocycles. The Hall–Kier alpha value is -0.0500. The first-order chi connectivity index (χ1) is 4.52. The molecule has 10 heavy (non-hydrogen) atoms. The number of halogens is 3. The molecule has 0 radical (unpaired) electrons. The number of carbonyl (C=O) groups is 1. The summed E-state index contributed by atoms with van der Waals surface area (Å²) in [4.78, 5) is 14.3. The summed E-state index contributed by atoms with van der Waals surface area (Å²) in [6.45, 7) is 0. The van der Waals surface area contributed by atoms with E-state index in [0.717, 1.165) is 0 Å². The lowest BCUT2D eigenvalue weighted by molar-refractivity contribution is -0.108. The first-order valence-corrected chi connectivity index (χ1v) is 3.51. The number of nitrogens with zero attached hydrogens (tertiary/aromatic N) is 1. The molecule has 0 aromatic rings. The predicted molar refractivity (Wildman–Crippen MR) is 41.9 cm³/mol. The average molecular weight is 198 g/mol. The minimum Gasteiger partial charge on any atom is -0.288 e. The third kappa shape index (κ3) is 1.51. The molecule has 54 valence electrons. The lowest BCUT2D eigenvalue weighted by atomic mass is 10.3. The predicted octanol–water partition coefficient (Wildman–Crippen LogP) is 1.89. The molecule has 0 atom stereocenters. The fourth-order valence-electron chi connectivity index (χ4n) is 0.535. The third-order valence-corrected chi connectivity index (χ3v) is 1.47. The van der Waals surface area contributed by atoms with Gasteiger partial charge in [0.2, 0.25) is 9.58 Å². The monoisotopic (exact) mass is 197 g/mol. The Labute approximate surface area is 72.5 Å². The maximum absolute atomic E-state index is 10.8. The van der Waals surface area contributed by atoms with Crippen LogP contribution in [-0.2, 0) is 4.79 Å². The van der Waals surface area contributed by atoms with Crippen LogP contribution >= 0.6 is 34.8 Å². The number of hydrogen-bond acceptors (Lipinski definition) is 2. The van der Waals surface area contributed by atoms with E-state index in [1.807, 2.05) is 0 Å². The summed E-state index contributed by atoms with van der Waals surface area (Å²) in [6, 6.07) is 0. The van der Waals surface area contributed by atoms with Gasteiger partial charge < -0.3 is 0 Å². The summed E-state index contributed by atoms with van der Waals surface area (Å²) in [5, 5.41) is 0. The number of aliphatic imine (C=N–C) groups is 1. The van der Waals surface area contributed by atoms with Gasteiger partial charge >= 0.3 is 0 Å². The summed E-state index contributed by atoms with van der Waals surface area (Å²) < 4.78 is -1.69. The number of hydrogen-bond donors (Lipinski definition) is 0.